The van der Waals surface area contributed by atoms with Crippen LogP contribution < -0.4 is 0 Å². The second kappa shape index (κ2) is 5.58. The minimum absolute atomic E-state index is 0.174. The normalized spacial score (nSPS) is 28.0. The Kier molecular flexibility index (Phi) is 3.81. The highest BCUT2D eigenvalue weighted by molar-refractivity contribution is 5.92. The fourth-order valence-corrected chi connectivity index (χ4v) is 3.69. The molecule has 1 saturated carbocycles. The zero-order valence-corrected chi connectivity index (χ0v) is 12.6. The second-order valence-corrected chi connectivity index (χ2v) is 6.46. The fraction of sp³-hybridized carbons (Fsp3) is 0.750. The Morgan fingerprint density at radius 1 is 1.20 bits per heavy atom. The maximum absolute atomic E-state index is 12.9. The molecule has 20 heavy (non-hydrogen) atoms. The first kappa shape index (κ1) is 13.7. The standard InChI is InChI=1S/C16H25N3O/c1-12-6-5-11-18(13(12)2)16(20)15-9-10-17-19(15)14-7-3-4-8-14/h9-10,12-14H,3-8,11H2,1-2H3. The first-order valence-electron chi connectivity index (χ1n) is 8.03. The number of carbonyl (C=O) groups excluding carboxylic acids is 1. The number of carbonyl (C=O) groups is 1. The van der Waals surface area contributed by atoms with Gasteiger partial charge in [-0.3, -0.25) is 9.48 Å². The van der Waals surface area contributed by atoms with Gasteiger partial charge in [-0.15, -0.1) is 0 Å². The van der Waals surface area contributed by atoms with E-state index in [4.69, 9.17) is 0 Å². The number of rotatable bonds is 2. The largest absolute Gasteiger partial charge is 0.334 e. The van der Waals surface area contributed by atoms with Gasteiger partial charge in [-0.1, -0.05) is 19.8 Å². The zero-order valence-electron chi connectivity index (χ0n) is 12.6. The van der Waals surface area contributed by atoms with Gasteiger partial charge in [0.25, 0.3) is 5.91 Å². The summed E-state index contributed by atoms with van der Waals surface area (Å²) in [5.41, 5.74) is 0.790. The molecule has 110 valence electrons. The SMILES string of the molecule is CC1CCCN(C(=O)c2ccnn2C2CCCC2)C1C. The molecule has 0 bridgehead atoms. The number of hydrogen-bond acceptors (Lipinski definition) is 2. The second-order valence-electron chi connectivity index (χ2n) is 6.46. The molecule has 4 heteroatoms. The van der Waals surface area contributed by atoms with Crippen molar-refractivity contribution in [1.29, 1.82) is 0 Å². The van der Waals surface area contributed by atoms with Crippen molar-refractivity contribution in [2.75, 3.05) is 6.54 Å². The van der Waals surface area contributed by atoms with Crippen molar-refractivity contribution in [3.63, 3.8) is 0 Å². The molecule has 2 aliphatic rings. The maximum Gasteiger partial charge on any atom is 0.272 e. The van der Waals surface area contributed by atoms with Gasteiger partial charge in [-0.05, 0) is 44.6 Å². The molecule has 0 aromatic carbocycles. The van der Waals surface area contributed by atoms with Gasteiger partial charge in [0.2, 0.25) is 0 Å². The Labute approximate surface area is 121 Å². The van der Waals surface area contributed by atoms with Crippen LogP contribution in [0.4, 0.5) is 0 Å². The third-order valence-corrected chi connectivity index (χ3v) is 5.19. The van der Waals surface area contributed by atoms with E-state index in [2.05, 4.69) is 23.8 Å². The van der Waals surface area contributed by atoms with Crippen LogP contribution in [0, 0.1) is 5.92 Å². The van der Waals surface area contributed by atoms with Crippen LogP contribution in [-0.2, 0) is 0 Å². The summed E-state index contributed by atoms with van der Waals surface area (Å²) >= 11 is 0. The molecule has 1 aliphatic heterocycles. The van der Waals surface area contributed by atoms with Crippen molar-refractivity contribution >= 4 is 5.91 Å². The van der Waals surface area contributed by atoms with E-state index in [0.717, 1.165) is 31.5 Å². The predicted octanol–water partition coefficient (Wildman–Crippen LogP) is 3.26. The molecule has 0 spiro atoms. The van der Waals surface area contributed by atoms with Gasteiger partial charge in [0.05, 0.1) is 6.04 Å². The van der Waals surface area contributed by atoms with E-state index >= 15 is 0 Å². The van der Waals surface area contributed by atoms with Gasteiger partial charge < -0.3 is 4.90 Å². The third kappa shape index (κ3) is 2.36. The number of piperidine rings is 1. The van der Waals surface area contributed by atoms with Crippen LogP contribution in [0.5, 0.6) is 0 Å². The average Bonchev–Trinajstić information content (AvgIpc) is 3.10. The van der Waals surface area contributed by atoms with Crippen LogP contribution in [0.1, 0.15) is 68.9 Å². The molecule has 0 N–H and O–H groups in total. The topological polar surface area (TPSA) is 38.1 Å². The first-order valence-corrected chi connectivity index (χ1v) is 8.03. The Morgan fingerprint density at radius 3 is 2.70 bits per heavy atom. The van der Waals surface area contributed by atoms with E-state index in [1.807, 2.05) is 10.7 Å². The lowest BCUT2D eigenvalue weighted by Gasteiger charge is -2.38. The fourth-order valence-electron chi connectivity index (χ4n) is 3.69. The van der Waals surface area contributed by atoms with Gasteiger partial charge in [0, 0.05) is 18.8 Å². The van der Waals surface area contributed by atoms with E-state index in [1.54, 1.807) is 6.20 Å². The first-order chi connectivity index (χ1) is 9.68. The quantitative estimate of drug-likeness (QED) is 0.831. The molecule has 2 heterocycles. The molecule has 2 unspecified atom stereocenters. The Balaban J connectivity index is 1.81. The van der Waals surface area contributed by atoms with E-state index in [-0.39, 0.29) is 5.91 Å². The van der Waals surface area contributed by atoms with Crippen molar-refractivity contribution in [1.82, 2.24) is 14.7 Å². The van der Waals surface area contributed by atoms with Gasteiger partial charge >= 0.3 is 0 Å². The summed E-state index contributed by atoms with van der Waals surface area (Å²) in [7, 11) is 0. The van der Waals surface area contributed by atoms with E-state index in [1.165, 1.54) is 19.3 Å². The zero-order chi connectivity index (χ0) is 14.1. The van der Waals surface area contributed by atoms with Crippen LogP contribution in [0.3, 0.4) is 0 Å². The lowest BCUT2D eigenvalue weighted by molar-refractivity contribution is 0.0535. The van der Waals surface area contributed by atoms with Crippen molar-refractivity contribution in [2.45, 2.75) is 64.5 Å². The Bertz CT molecular complexity index is 476. The van der Waals surface area contributed by atoms with Gasteiger partial charge in [0.1, 0.15) is 5.69 Å². The Morgan fingerprint density at radius 2 is 1.95 bits per heavy atom. The smallest absolute Gasteiger partial charge is 0.272 e. The summed E-state index contributed by atoms with van der Waals surface area (Å²) in [6.45, 7) is 5.32. The average molecular weight is 275 g/mol. The van der Waals surface area contributed by atoms with Crippen LogP contribution >= 0.6 is 0 Å². The predicted molar refractivity (Wildman–Crippen MR) is 78.6 cm³/mol. The maximum atomic E-state index is 12.9. The molecular weight excluding hydrogens is 250 g/mol. The van der Waals surface area contributed by atoms with Crippen LogP contribution in [0.15, 0.2) is 12.3 Å². The summed E-state index contributed by atoms with van der Waals surface area (Å²) in [6.07, 6.45) is 8.97. The lowest BCUT2D eigenvalue weighted by atomic mass is 9.92. The number of likely N-dealkylation sites (tertiary alicyclic amines) is 1. The minimum Gasteiger partial charge on any atom is -0.334 e. The highest BCUT2D eigenvalue weighted by Crippen LogP contribution is 2.31. The van der Waals surface area contributed by atoms with E-state index in [0.29, 0.717) is 18.0 Å². The molecule has 2 fully saturated rings. The van der Waals surface area contributed by atoms with Gasteiger partial charge in [-0.2, -0.15) is 5.10 Å². The highest BCUT2D eigenvalue weighted by atomic mass is 16.2. The third-order valence-electron chi connectivity index (χ3n) is 5.19. The highest BCUT2D eigenvalue weighted by Gasteiger charge is 2.31. The summed E-state index contributed by atoms with van der Waals surface area (Å²) in [4.78, 5) is 14.9. The molecule has 1 saturated heterocycles. The van der Waals surface area contributed by atoms with E-state index in [9.17, 15) is 4.79 Å². The summed E-state index contributed by atoms with van der Waals surface area (Å²) < 4.78 is 1.99. The lowest BCUT2D eigenvalue weighted by Crippen LogP contribution is -2.46. The van der Waals surface area contributed by atoms with Crippen LogP contribution in [0.2, 0.25) is 0 Å². The minimum atomic E-state index is 0.174. The number of amides is 1. The molecule has 1 amide bonds. The van der Waals surface area contributed by atoms with Gasteiger partial charge in [0.15, 0.2) is 0 Å². The number of hydrogen-bond donors (Lipinski definition) is 0. The molecule has 1 aromatic heterocycles. The molecule has 0 radical (unpaired) electrons. The van der Waals surface area contributed by atoms with Crippen molar-refractivity contribution in [3.05, 3.63) is 18.0 Å². The molecule has 2 atom stereocenters. The molecule has 3 rings (SSSR count). The summed E-state index contributed by atoms with van der Waals surface area (Å²) in [6, 6.07) is 2.66. The molecule has 4 nitrogen and oxygen atoms in total. The van der Waals surface area contributed by atoms with Crippen LogP contribution in [-0.4, -0.2) is 33.2 Å². The molecule has 1 aliphatic carbocycles. The molecule has 1 aromatic rings. The van der Waals surface area contributed by atoms with Crippen molar-refractivity contribution in [2.24, 2.45) is 5.92 Å². The molecular formula is C16H25N3O. The monoisotopic (exact) mass is 275 g/mol. The summed E-state index contributed by atoms with van der Waals surface area (Å²) in [5, 5.41) is 4.43. The van der Waals surface area contributed by atoms with Crippen molar-refractivity contribution in [3.8, 4) is 0 Å². The number of nitrogens with zero attached hydrogens (tertiary/aromatic N) is 3. The van der Waals surface area contributed by atoms with E-state index < -0.39 is 0 Å². The number of aromatic nitrogens is 2. The summed E-state index contributed by atoms with van der Waals surface area (Å²) in [5.74, 6) is 0.768. The van der Waals surface area contributed by atoms with Crippen LogP contribution in [0.25, 0.3) is 0 Å². The van der Waals surface area contributed by atoms with Crippen molar-refractivity contribution < 1.29 is 4.79 Å². The Hall–Kier alpha value is -1.32. The van der Waals surface area contributed by atoms with Gasteiger partial charge in [-0.25, -0.2) is 0 Å².